The van der Waals surface area contributed by atoms with Crippen molar-refractivity contribution in [1.82, 2.24) is 4.98 Å². The number of nitrogens with one attached hydrogen (secondary N) is 1. The van der Waals surface area contributed by atoms with Crippen LogP contribution in [0, 0.1) is 11.3 Å². The molecule has 29 heavy (non-hydrogen) atoms. The second-order valence-electron chi connectivity index (χ2n) is 6.45. The van der Waals surface area contributed by atoms with Crippen LogP contribution in [0.25, 0.3) is 11.7 Å². The Balaban J connectivity index is 1.48. The van der Waals surface area contributed by atoms with Crippen LogP contribution >= 0.6 is 0 Å². The van der Waals surface area contributed by atoms with Crippen LogP contribution in [0.4, 0.5) is 5.88 Å². The molecule has 0 aliphatic carbocycles. The van der Waals surface area contributed by atoms with Crippen LogP contribution in [0.1, 0.15) is 30.0 Å². The highest BCUT2D eigenvalue weighted by atomic mass is 16.5. The molecule has 0 saturated heterocycles. The van der Waals surface area contributed by atoms with Crippen LogP contribution < -0.4 is 10.1 Å². The van der Waals surface area contributed by atoms with E-state index in [1.807, 2.05) is 67.6 Å². The molecular formula is C23H19N3O3. The third kappa shape index (κ3) is 4.30. The van der Waals surface area contributed by atoms with Crippen molar-refractivity contribution in [3.05, 3.63) is 89.8 Å². The van der Waals surface area contributed by atoms with Gasteiger partial charge >= 0.3 is 0 Å². The summed E-state index contributed by atoms with van der Waals surface area (Å²) in [7, 11) is 0. The minimum atomic E-state index is -0.0458. The van der Waals surface area contributed by atoms with Gasteiger partial charge in [0.25, 0.3) is 5.89 Å². The number of nitrogens with zero attached hydrogens (tertiary/aromatic N) is 2. The van der Waals surface area contributed by atoms with Crippen LogP contribution in [-0.2, 0) is 6.61 Å². The van der Waals surface area contributed by atoms with Crippen molar-refractivity contribution in [2.24, 2.45) is 0 Å². The number of rotatable bonds is 7. The quantitative estimate of drug-likeness (QED) is 0.448. The molecule has 0 bridgehead atoms. The zero-order valence-corrected chi connectivity index (χ0v) is 15.8. The van der Waals surface area contributed by atoms with E-state index in [0.29, 0.717) is 17.4 Å². The predicted octanol–water partition coefficient (Wildman–Crippen LogP) is 5.56. The summed E-state index contributed by atoms with van der Waals surface area (Å²) in [5, 5.41) is 12.6. The van der Waals surface area contributed by atoms with Gasteiger partial charge in [-0.2, -0.15) is 10.2 Å². The van der Waals surface area contributed by atoms with E-state index in [1.54, 1.807) is 12.1 Å². The molecule has 1 atom stereocenters. The Labute approximate surface area is 168 Å². The monoisotopic (exact) mass is 385 g/mol. The Morgan fingerprint density at radius 1 is 1.00 bits per heavy atom. The summed E-state index contributed by atoms with van der Waals surface area (Å²) in [6.07, 6.45) is 0. The molecule has 2 aromatic carbocycles. The fourth-order valence-corrected chi connectivity index (χ4v) is 2.86. The number of hydrogen-bond donors (Lipinski definition) is 1. The predicted molar refractivity (Wildman–Crippen MR) is 108 cm³/mol. The van der Waals surface area contributed by atoms with Gasteiger partial charge in [-0.1, -0.05) is 48.5 Å². The van der Waals surface area contributed by atoms with Gasteiger partial charge in [0, 0.05) is 0 Å². The van der Waals surface area contributed by atoms with Crippen molar-refractivity contribution in [3.8, 4) is 23.5 Å². The number of anilines is 1. The van der Waals surface area contributed by atoms with Crippen LogP contribution in [0.2, 0.25) is 0 Å². The first kappa shape index (κ1) is 18.4. The Bertz CT molecular complexity index is 1110. The topological polar surface area (TPSA) is 84.2 Å². The Kier molecular flexibility index (Phi) is 5.30. The highest BCUT2D eigenvalue weighted by Gasteiger charge is 2.19. The summed E-state index contributed by atoms with van der Waals surface area (Å²) in [5.74, 6) is 2.39. The maximum Gasteiger partial charge on any atom is 0.266 e. The summed E-state index contributed by atoms with van der Waals surface area (Å²) in [4.78, 5) is 4.25. The number of oxazole rings is 1. The highest BCUT2D eigenvalue weighted by molar-refractivity contribution is 5.55. The second kappa shape index (κ2) is 8.36. The molecule has 2 aromatic heterocycles. The van der Waals surface area contributed by atoms with Gasteiger partial charge in [0.15, 0.2) is 5.76 Å². The summed E-state index contributed by atoms with van der Waals surface area (Å²) >= 11 is 0. The molecule has 2 heterocycles. The Morgan fingerprint density at radius 2 is 1.72 bits per heavy atom. The van der Waals surface area contributed by atoms with E-state index < -0.39 is 0 Å². The summed E-state index contributed by atoms with van der Waals surface area (Å²) in [6, 6.07) is 25.0. The smallest absolute Gasteiger partial charge is 0.266 e. The van der Waals surface area contributed by atoms with Gasteiger partial charge in [-0.15, -0.1) is 0 Å². The molecule has 0 amide bonds. The van der Waals surface area contributed by atoms with Crippen molar-refractivity contribution in [3.63, 3.8) is 0 Å². The lowest BCUT2D eigenvalue weighted by Crippen LogP contribution is -2.06. The van der Waals surface area contributed by atoms with E-state index in [1.165, 1.54) is 0 Å². The van der Waals surface area contributed by atoms with Gasteiger partial charge in [0.05, 0.1) is 6.04 Å². The molecule has 4 rings (SSSR count). The van der Waals surface area contributed by atoms with Crippen molar-refractivity contribution in [2.45, 2.75) is 19.6 Å². The highest BCUT2D eigenvalue weighted by Crippen LogP contribution is 2.29. The minimum Gasteiger partial charge on any atom is -0.486 e. The molecule has 0 fully saturated rings. The van der Waals surface area contributed by atoms with Gasteiger partial charge in [0.2, 0.25) is 11.6 Å². The first-order valence-corrected chi connectivity index (χ1v) is 9.22. The minimum absolute atomic E-state index is 0.0458. The van der Waals surface area contributed by atoms with Gasteiger partial charge in [-0.3, -0.25) is 0 Å². The number of furan rings is 1. The lowest BCUT2D eigenvalue weighted by molar-refractivity contribution is 0.271. The zero-order valence-electron chi connectivity index (χ0n) is 15.8. The average Bonchev–Trinajstić information content (AvgIpc) is 3.40. The number of ether oxygens (including phenoxy) is 1. The number of nitriles is 1. The molecule has 0 aliphatic rings. The standard InChI is InChI=1S/C23H19N3O3/c1-16(17-8-4-2-5-9-17)25-22-20(14-24)26-23(29-22)21-13-12-19(28-21)15-27-18-10-6-3-7-11-18/h2-13,16,25H,15H2,1H3/t16-/m1/s1. The van der Waals surface area contributed by atoms with Crippen LogP contribution in [0.15, 0.2) is 81.6 Å². The van der Waals surface area contributed by atoms with Gasteiger partial charge < -0.3 is 18.9 Å². The maximum absolute atomic E-state index is 9.41. The molecule has 0 radical (unpaired) electrons. The third-order valence-corrected chi connectivity index (χ3v) is 4.38. The van der Waals surface area contributed by atoms with Gasteiger partial charge in [-0.05, 0) is 36.8 Å². The molecule has 6 heteroatoms. The zero-order chi connectivity index (χ0) is 20.1. The fraction of sp³-hybridized carbons (Fsp3) is 0.130. The van der Waals surface area contributed by atoms with Crippen LogP contribution in [0.3, 0.4) is 0 Å². The van der Waals surface area contributed by atoms with E-state index >= 15 is 0 Å². The first-order chi connectivity index (χ1) is 14.2. The van der Waals surface area contributed by atoms with E-state index in [0.717, 1.165) is 11.3 Å². The van der Waals surface area contributed by atoms with Crippen molar-refractivity contribution in [2.75, 3.05) is 5.32 Å². The number of para-hydroxylation sites is 1. The van der Waals surface area contributed by atoms with Crippen molar-refractivity contribution in [1.29, 1.82) is 5.26 Å². The average molecular weight is 385 g/mol. The molecule has 4 aromatic rings. The van der Waals surface area contributed by atoms with Gasteiger partial charge in [0.1, 0.15) is 24.2 Å². The van der Waals surface area contributed by atoms with Crippen LogP contribution in [0.5, 0.6) is 5.75 Å². The molecule has 144 valence electrons. The first-order valence-electron chi connectivity index (χ1n) is 9.22. The molecule has 0 spiro atoms. The SMILES string of the molecule is C[C@@H](Nc1oc(-c2ccc(COc3ccccc3)o2)nc1C#N)c1ccccc1. The summed E-state index contributed by atoms with van der Waals surface area (Å²) in [5.41, 5.74) is 1.26. The van der Waals surface area contributed by atoms with E-state index in [9.17, 15) is 5.26 Å². The van der Waals surface area contributed by atoms with Gasteiger partial charge in [-0.25, -0.2) is 0 Å². The lowest BCUT2D eigenvalue weighted by atomic mass is 10.1. The maximum atomic E-state index is 9.41. The molecule has 0 unspecified atom stereocenters. The third-order valence-electron chi connectivity index (χ3n) is 4.38. The normalized spacial score (nSPS) is 11.6. The van der Waals surface area contributed by atoms with Crippen molar-refractivity contribution >= 4 is 5.88 Å². The number of hydrogen-bond acceptors (Lipinski definition) is 6. The number of benzene rings is 2. The molecular weight excluding hydrogens is 366 g/mol. The molecule has 6 nitrogen and oxygen atoms in total. The summed E-state index contributed by atoms with van der Waals surface area (Å²) in [6.45, 7) is 2.27. The number of aromatic nitrogens is 1. The molecule has 1 N–H and O–H groups in total. The largest absolute Gasteiger partial charge is 0.486 e. The van der Waals surface area contributed by atoms with E-state index in [-0.39, 0.29) is 24.2 Å². The van der Waals surface area contributed by atoms with Crippen molar-refractivity contribution < 1.29 is 13.6 Å². The Hall–Kier alpha value is -3.98. The van der Waals surface area contributed by atoms with E-state index in [2.05, 4.69) is 16.4 Å². The molecule has 0 saturated carbocycles. The lowest BCUT2D eigenvalue weighted by Gasteiger charge is -2.12. The Morgan fingerprint density at radius 3 is 2.45 bits per heavy atom. The molecule has 0 aliphatic heterocycles. The second-order valence-corrected chi connectivity index (χ2v) is 6.45. The van der Waals surface area contributed by atoms with Crippen LogP contribution in [-0.4, -0.2) is 4.98 Å². The van der Waals surface area contributed by atoms with E-state index in [4.69, 9.17) is 13.6 Å². The summed E-state index contributed by atoms with van der Waals surface area (Å²) < 4.78 is 17.2. The fourth-order valence-electron chi connectivity index (χ4n) is 2.86.